The van der Waals surface area contributed by atoms with Crippen molar-refractivity contribution in [1.82, 2.24) is 0 Å². The lowest BCUT2D eigenvalue weighted by molar-refractivity contribution is 0.0220. The third-order valence-corrected chi connectivity index (χ3v) is 9.28. The number of hydrogen-bond donors (Lipinski definition) is 2. The summed E-state index contributed by atoms with van der Waals surface area (Å²) in [5.41, 5.74) is 0.663. The van der Waals surface area contributed by atoms with Gasteiger partial charge < -0.3 is 19.7 Å². The summed E-state index contributed by atoms with van der Waals surface area (Å²) in [5.74, 6) is -0.128. The lowest BCUT2D eigenvalue weighted by atomic mass is 9.77. The molecule has 0 amide bonds. The van der Waals surface area contributed by atoms with Gasteiger partial charge in [-0.2, -0.15) is 0 Å². The van der Waals surface area contributed by atoms with Gasteiger partial charge in [-0.3, -0.25) is 0 Å². The molecule has 0 saturated carbocycles. The average molecular weight is 727 g/mol. The fourth-order valence-electron chi connectivity index (χ4n) is 3.83. The van der Waals surface area contributed by atoms with Gasteiger partial charge in [-0.05, 0) is 91.8 Å². The third kappa shape index (κ3) is 2.51. The van der Waals surface area contributed by atoms with Gasteiger partial charge in [-0.25, -0.2) is 4.79 Å². The Bertz CT molecular complexity index is 1310. The molecule has 0 saturated heterocycles. The average Bonchev–Trinajstić information content (AvgIpc) is 3.03. The van der Waals surface area contributed by atoms with Crippen molar-refractivity contribution in [2.45, 2.75) is 5.60 Å². The third-order valence-electron chi connectivity index (χ3n) is 5.11. The summed E-state index contributed by atoms with van der Waals surface area (Å²) in [5, 5.41) is 21.0. The molecule has 3 aromatic rings. The molecule has 5 rings (SSSR count). The first-order chi connectivity index (χ1) is 14.2. The second kappa shape index (κ2) is 6.96. The second-order valence-corrected chi connectivity index (χ2v) is 10.6. The van der Waals surface area contributed by atoms with Crippen LogP contribution in [0.3, 0.4) is 0 Å². The van der Waals surface area contributed by atoms with E-state index in [1.165, 1.54) is 0 Å². The molecule has 30 heavy (non-hydrogen) atoms. The van der Waals surface area contributed by atoms with Gasteiger partial charge >= 0.3 is 5.97 Å². The maximum atomic E-state index is 12.9. The summed E-state index contributed by atoms with van der Waals surface area (Å²) >= 11 is 17.1. The first kappa shape index (κ1) is 20.8. The van der Waals surface area contributed by atoms with Crippen molar-refractivity contribution < 1.29 is 24.5 Å². The van der Waals surface area contributed by atoms with Gasteiger partial charge in [0.05, 0.1) is 25.6 Å². The van der Waals surface area contributed by atoms with Crippen molar-refractivity contribution in [3.63, 3.8) is 0 Å². The number of fused-ring (bicyclic) bond motifs is 6. The van der Waals surface area contributed by atoms with E-state index in [1.54, 1.807) is 18.2 Å². The van der Waals surface area contributed by atoms with Crippen molar-refractivity contribution in [3.8, 4) is 23.0 Å². The molecular formula is C20H7Br5O5. The quantitative estimate of drug-likeness (QED) is 0.186. The SMILES string of the molecule is O=C1OC2(c3ccccc31)c1cc(Br)c(O)c(Br)c1Oc1c(Br)c(O)c(Br)c(Br)c12. The number of phenolic OH excluding ortho intramolecular Hbond substituents is 2. The van der Waals surface area contributed by atoms with Gasteiger partial charge in [0.25, 0.3) is 0 Å². The fraction of sp³-hybridized carbons (Fsp3) is 0.0500. The molecule has 1 spiro atoms. The van der Waals surface area contributed by atoms with Crippen LogP contribution in [0.25, 0.3) is 0 Å². The molecule has 0 aromatic heterocycles. The minimum Gasteiger partial charge on any atom is -0.505 e. The van der Waals surface area contributed by atoms with Crippen molar-refractivity contribution in [2.24, 2.45) is 0 Å². The number of esters is 1. The summed E-state index contributed by atoms with van der Waals surface area (Å²) in [6.07, 6.45) is 0. The lowest BCUT2D eigenvalue weighted by Gasteiger charge is -2.38. The minimum atomic E-state index is -1.38. The molecule has 2 aliphatic heterocycles. The van der Waals surface area contributed by atoms with E-state index < -0.39 is 11.6 Å². The van der Waals surface area contributed by atoms with Crippen molar-refractivity contribution in [1.29, 1.82) is 0 Å². The number of carbonyl (C=O) groups excluding carboxylic acids is 1. The molecule has 0 fully saturated rings. The molecule has 1 atom stereocenters. The van der Waals surface area contributed by atoms with E-state index in [1.807, 2.05) is 12.1 Å². The number of carbonyl (C=O) groups is 1. The van der Waals surface area contributed by atoms with Crippen LogP contribution in [0.1, 0.15) is 27.0 Å². The largest absolute Gasteiger partial charge is 0.505 e. The van der Waals surface area contributed by atoms with Crippen molar-refractivity contribution in [2.75, 3.05) is 0 Å². The molecule has 2 heterocycles. The van der Waals surface area contributed by atoms with Crippen LogP contribution in [0, 0.1) is 0 Å². The van der Waals surface area contributed by atoms with Crippen molar-refractivity contribution >= 4 is 85.6 Å². The van der Waals surface area contributed by atoms with E-state index in [0.717, 1.165) is 0 Å². The number of phenols is 2. The molecule has 0 radical (unpaired) electrons. The van der Waals surface area contributed by atoms with E-state index in [-0.39, 0.29) is 31.9 Å². The number of benzene rings is 3. The van der Waals surface area contributed by atoms with Crippen LogP contribution in [0.5, 0.6) is 23.0 Å². The van der Waals surface area contributed by atoms with Gasteiger partial charge in [0.1, 0.15) is 20.4 Å². The second-order valence-electron chi connectivity index (χ2n) is 6.61. The normalized spacial score (nSPS) is 18.5. The van der Waals surface area contributed by atoms with Gasteiger partial charge in [-0.15, -0.1) is 0 Å². The number of aromatic hydroxyl groups is 2. The highest BCUT2D eigenvalue weighted by Gasteiger charge is 2.56. The summed E-state index contributed by atoms with van der Waals surface area (Å²) in [4.78, 5) is 12.9. The molecule has 2 aliphatic rings. The van der Waals surface area contributed by atoms with E-state index in [4.69, 9.17) is 9.47 Å². The van der Waals surface area contributed by atoms with E-state index in [9.17, 15) is 15.0 Å². The van der Waals surface area contributed by atoms with Gasteiger partial charge in [0.15, 0.2) is 17.1 Å². The van der Waals surface area contributed by atoms with Crippen LogP contribution in [-0.4, -0.2) is 16.2 Å². The Morgan fingerprint density at radius 1 is 0.800 bits per heavy atom. The van der Waals surface area contributed by atoms with Crippen LogP contribution >= 0.6 is 79.6 Å². The Labute approximate surface area is 212 Å². The standard InChI is InChI=1S/C20H7Br5O5/c21-9-5-8-17(13(24)15(9)26)29-18-10(11(22)12(23)16(27)14(18)25)20(8)7-4-2-1-3-6(7)19(28)30-20/h1-5,26-27H. The van der Waals surface area contributed by atoms with E-state index in [0.29, 0.717) is 35.7 Å². The zero-order valence-electron chi connectivity index (χ0n) is 14.4. The van der Waals surface area contributed by atoms with Gasteiger partial charge in [0.2, 0.25) is 0 Å². The lowest BCUT2D eigenvalue weighted by Crippen LogP contribution is -2.34. The summed E-state index contributed by atoms with van der Waals surface area (Å²) < 4.78 is 14.0. The molecule has 152 valence electrons. The van der Waals surface area contributed by atoms with Gasteiger partial charge in [0, 0.05) is 10.0 Å². The number of halogens is 5. The molecule has 3 aromatic carbocycles. The van der Waals surface area contributed by atoms with Crippen LogP contribution < -0.4 is 4.74 Å². The fourth-order valence-corrected chi connectivity index (χ4v) is 6.82. The molecular weight excluding hydrogens is 720 g/mol. The monoisotopic (exact) mass is 722 g/mol. The number of rotatable bonds is 0. The molecule has 0 bridgehead atoms. The number of ether oxygens (including phenoxy) is 2. The highest BCUT2D eigenvalue weighted by atomic mass is 79.9. The Kier molecular flexibility index (Phi) is 4.83. The van der Waals surface area contributed by atoms with Gasteiger partial charge in [-0.1, -0.05) is 18.2 Å². The highest BCUT2D eigenvalue weighted by Crippen LogP contribution is 2.64. The van der Waals surface area contributed by atoms with Crippen LogP contribution in [-0.2, 0) is 10.3 Å². The topological polar surface area (TPSA) is 76.0 Å². The maximum absolute atomic E-state index is 12.9. The van der Waals surface area contributed by atoms with Crippen LogP contribution in [0.4, 0.5) is 0 Å². The Balaban J connectivity index is 2.03. The first-order valence-corrected chi connectivity index (χ1v) is 12.3. The van der Waals surface area contributed by atoms with Crippen LogP contribution in [0.2, 0.25) is 0 Å². The zero-order chi connectivity index (χ0) is 21.5. The molecule has 2 N–H and O–H groups in total. The predicted octanol–water partition coefficient (Wildman–Crippen LogP) is 7.48. The maximum Gasteiger partial charge on any atom is 0.340 e. The minimum absolute atomic E-state index is 0.0681. The Morgan fingerprint density at radius 2 is 1.47 bits per heavy atom. The predicted molar refractivity (Wildman–Crippen MR) is 127 cm³/mol. The number of hydrogen-bond acceptors (Lipinski definition) is 5. The van der Waals surface area contributed by atoms with E-state index >= 15 is 0 Å². The van der Waals surface area contributed by atoms with Crippen LogP contribution in [0.15, 0.2) is 52.7 Å². The molecule has 10 heteroatoms. The summed E-state index contributed by atoms with van der Waals surface area (Å²) in [7, 11) is 0. The smallest absolute Gasteiger partial charge is 0.340 e. The molecule has 0 aliphatic carbocycles. The Morgan fingerprint density at radius 3 is 2.20 bits per heavy atom. The summed E-state index contributed by atoms with van der Waals surface area (Å²) in [6, 6.07) is 8.76. The van der Waals surface area contributed by atoms with Crippen molar-refractivity contribution in [3.05, 3.63) is 74.9 Å². The molecule has 1 unspecified atom stereocenters. The summed E-state index contributed by atoms with van der Waals surface area (Å²) in [6.45, 7) is 0. The zero-order valence-corrected chi connectivity index (χ0v) is 22.3. The van der Waals surface area contributed by atoms with E-state index in [2.05, 4.69) is 79.6 Å². The molecule has 5 nitrogen and oxygen atoms in total. The Hall–Kier alpha value is -1.07. The highest BCUT2D eigenvalue weighted by molar-refractivity contribution is 9.13. The first-order valence-electron chi connectivity index (χ1n) is 8.32.